The first kappa shape index (κ1) is 11.9. The van der Waals surface area contributed by atoms with Crippen molar-refractivity contribution in [1.29, 1.82) is 0 Å². The summed E-state index contributed by atoms with van der Waals surface area (Å²) in [6, 6.07) is 3.14. The molecule has 0 saturated carbocycles. The Morgan fingerprint density at radius 2 is 2.22 bits per heavy atom. The zero-order valence-electron chi connectivity index (χ0n) is 9.66. The van der Waals surface area contributed by atoms with E-state index >= 15 is 0 Å². The van der Waals surface area contributed by atoms with Crippen molar-refractivity contribution in [2.75, 3.05) is 5.32 Å². The molecule has 0 aromatic carbocycles. The van der Waals surface area contributed by atoms with Gasteiger partial charge in [0.25, 0.3) is 0 Å². The van der Waals surface area contributed by atoms with E-state index in [1.54, 1.807) is 19.2 Å². The molecule has 7 heteroatoms. The van der Waals surface area contributed by atoms with Gasteiger partial charge in [-0.05, 0) is 19.1 Å². The van der Waals surface area contributed by atoms with Gasteiger partial charge in [-0.25, -0.2) is 14.8 Å². The van der Waals surface area contributed by atoms with Crippen LogP contribution in [0.15, 0.2) is 24.5 Å². The second-order valence-electron chi connectivity index (χ2n) is 3.55. The third kappa shape index (κ3) is 2.76. The number of aromatic carboxylic acids is 1. The lowest BCUT2D eigenvalue weighted by atomic mass is 10.3. The molecule has 0 aliphatic carbocycles. The molecular formula is C11H11N5O2. The third-order valence-electron chi connectivity index (χ3n) is 2.22. The van der Waals surface area contributed by atoms with Crippen molar-refractivity contribution in [2.45, 2.75) is 13.5 Å². The van der Waals surface area contributed by atoms with Gasteiger partial charge in [0, 0.05) is 6.20 Å². The van der Waals surface area contributed by atoms with Gasteiger partial charge < -0.3 is 10.4 Å². The van der Waals surface area contributed by atoms with Crippen molar-refractivity contribution >= 4 is 11.8 Å². The molecule has 0 fully saturated rings. The fourth-order valence-electron chi connectivity index (χ4n) is 1.41. The van der Waals surface area contributed by atoms with Gasteiger partial charge in [0.1, 0.15) is 11.4 Å². The minimum atomic E-state index is -1.05. The Balaban J connectivity index is 2.13. The van der Waals surface area contributed by atoms with Crippen LogP contribution in [0.5, 0.6) is 0 Å². The molecule has 2 aromatic rings. The predicted molar refractivity (Wildman–Crippen MR) is 63.1 cm³/mol. The maximum atomic E-state index is 11.0. The molecule has 92 valence electrons. The summed E-state index contributed by atoms with van der Waals surface area (Å²) in [7, 11) is 0. The molecule has 0 radical (unpaired) electrons. The first-order valence-corrected chi connectivity index (χ1v) is 5.24. The van der Waals surface area contributed by atoms with Crippen LogP contribution in [-0.2, 0) is 6.54 Å². The van der Waals surface area contributed by atoms with E-state index in [2.05, 4.69) is 25.5 Å². The molecule has 0 aliphatic heterocycles. The lowest BCUT2D eigenvalue weighted by Gasteiger charge is -2.06. The third-order valence-corrected chi connectivity index (χ3v) is 2.22. The van der Waals surface area contributed by atoms with E-state index in [1.807, 2.05) is 0 Å². The molecule has 0 aliphatic rings. The van der Waals surface area contributed by atoms with E-state index in [1.165, 1.54) is 12.3 Å². The smallest absolute Gasteiger partial charge is 0.339 e. The van der Waals surface area contributed by atoms with Crippen molar-refractivity contribution in [3.63, 3.8) is 0 Å². The molecule has 18 heavy (non-hydrogen) atoms. The summed E-state index contributed by atoms with van der Waals surface area (Å²) >= 11 is 0. The summed E-state index contributed by atoms with van der Waals surface area (Å²) in [5, 5.41) is 19.3. The van der Waals surface area contributed by atoms with Gasteiger partial charge in [-0.15, -0.1) is 5.10 Å². The van der Waals surface area contributed by atoms with E-state index in [-0.39, 0.29) is 11.4 Å². The minimum Gasteiger partial charge on any atom is -0.478 e. The fourth-order valence-corrected chi connectivity index (χ4v) is 1.41. The molecule has 2 rings (SSSR count). The Morgan fingerprint density at radius 3 is 2.94 bits per heavy atom. The molecule has 0 atom stereocenters. The topological polar surface area (TPSA) is 101 Å². The molecule has 2 aromatic heterocycles. The monoisotopic (exact) mass is 245 g/mol. The van der Waals surface area contributed by atoms with Crippen LogP contribution in [-0.4, -0.2) is 31.2 Å². The van der Waals surface area contributed by atoms with Gasteiger partial charge in [-0.2, -0.15) is 5.10 Å². The minimum absolute atomic E-state index is 0.0794. The van der Waals surface area contributed by atoms with E-state index in [0.717, 1.165) is 5.69 Å². The molecule has 0 spiro atoms. The zero-order valence-corrected chi connectivity index (χ0v) is 9.66. The maximum absolute atomic E-state index is 11.0. The fraction of sp³-hybridized carbons (Fsp3) is 0.182. The van der Waals surface area contributed by atoms with Crippen LogP contribution in [0.4, 0.5) is 5.82 Å². The number of carboxylic acids is 1. The van der Waals surface area contributed by atoms with E-state index in [4.69, 9.17) is 5.11 Å². The zero-order chi connectivity index (χ0) is 13.0. The van der Waals surface area contributed by atoms with Crippen LogP contribution in [0.1, 0.15) is 21.9 Å². The number of rotatable bonds is 4. The number of carboxylic acid groups (broad SMARTS) is 1. The highest BCUT2D eigenvalue weighted by atomic mass is 16.4. The summed E-state index contributed by atoms with van der Waals surface area (Å²) in [4.78, 5) is 19.1. The Bertz CT molecular complexity index is 573. The highest BCUT2D eigenvalue weighted by molar-refractivity contribution is 5.92. The largest absolute Gasteiger partial charge is 0.478 e. The Hall–Kier alpha value is -2.57. The van der Waals surface area contributed by atoms with Gasteiger partial charge >= 0.3 is 5.97 Å². The second-order valence-corrected chi connectivity index (χ2v) is 3.55. The summed E-state index contributed by atoms with van der Waals surface area (Å²) in [6.45, 7) is 2.15. The first-order valence-electron chi connectivity index (χ1n) is 5.24. The lowest BCUT2D eigenvalue weighted by molar-refractivity contribution is 0.0697. The maximum Gasteiger partial charge on any atom is 0.339 e. The summed E-state index contributed by atoms with van der Waals surface area (Å²) in [5.41, 5.74) is 0.834. The van der Waals surface area contributed by atoms with Crippen molar-refractivity contribution in [3.8, 4) is 0 Å². The number of carbonyl (C=O) groups is 1. The van der Waals surface area contributed by atoms with Gasteiger partial charge in [0.2, 0.25) is 0 Å². The van der Waals surface area contributed by atoms with Crippen molar-refractivity contribution in [1.82, 2.24) is 20.2 Å². The van der Waals surface area contributed by atoms with Gasteiger partial charge in [-0.1, -0.05) is 0 Å². The number of nitrogens with one attached hydrogen (secondary N) is 1. The van der Waals surface area contributed by atoms with Crippen LogP contribution in [0.3, 0.4) is 0 Å². The van der Waals surface area contributed by atoms with Gasteiger partial charge in [0.15, 0.2) is 5.82 Å². The van der Waals surface area contributed by atoms with Crippen LogP contribution in [0.25, 0.3) is 0 Å². The summed E-state index contributed by atoms with van der Waals surface area (Å²) in [5.74, 6) is -0.167. The van der Waals surface area contributed by atoms with Gasteiger partial charge in [0.05, 0.1) is 18.4 Å². The Kier molecular flexibility index (Phi) is 3.42. The highest BCUT2D eigenvalue weighted by Crippen LogP contribution is 2.10. The SMILES string of the molecule is Cc1nccc(CNc2nnccc2C(=O)O)n1. The molecule has 2 heterocycles. The standard InChI is InChI=1S/C11H11N5O2/c1-7-12-4-2-8(15-7)6-13-10-9(11(17)18)3-5-14-16-10/h2-5H,6H2,1H3,(H,13,16)(H,17,18). The molecule has 0 saturated heterocycles. The quantitative estimate of drug-likeness (QED) is 0.824. The molecule has 7 nitrogen and oxygen atoms in total. The Morgan fingerprint density at radius 1 is 1.39 bits per heavy atom. The van der Waals surface area contributed by atoms with Gasteiger partial charge in [-0.3, -0.25) is 0 Å². The number of anilines is 1. The van der Waals surface area contributed by atoms with E-state index in [0.29, 0.717) is 12.4 Å². The Labute approximate surface area is 103 Å². The second kappa shape index (κ2) is 5.17. The number of hydrogen-bond donors (Lipinski definition) is 2. The van der Waals surface area contributed by atoms with E-state index < -0.39 is 5.97 Å². The summed E-state index contributed by atoms with van der Waals surface area (Å²) in [6.07, 6.45) is 2.98. The lowest BCUT2D eigenvalue weighted by Crippen LogP contribution is -2.10. The number of hydrogen-bond acceptors (Lipinski definition) is 6. The molecule has 0 unspecified atom stereocenters. The number of aromatic nitrogens is 4. The molecule has 0 bridgehead atoms. The first-order chi connectivity index (χ1) is 8.66. The van der Waals surface area contributed by atoms with Crippen LogP contribution < -0.4 is 5.32 Å². The average Bonchev–Trinajstić information content (AvgIpc) is 2.37. The average molecular weight is 245 g/mol. The normalized spacial score (nSPS) is 10.1. The number of nitrogens with zero attached hydrogens (tertiary/aromatic N) is 4. The number of aryl methyl sites for hydroxylation is 1. The van der Waals surface area contributed by atoms with Crippen LogP contribution in [0.2, 0.25) is 0 Å². The molecule has 2 N–H and O–H groups in total. The van der Waals surface area contributed by atoms with Crippen molar-refractivity contribution < 1.29 is 9.90 Å². The van der Waals surface area contributed by atoms with Crippen molar-refractivity contribution in [2.24, 2.45) is 0 Å². The summed E-state index contributed by atoms with van der Waals surface area (Å²) < 4.78 is 0. The van der Waals surface area contributed by atoms with Crippen LogP contribution >= 0.6 is 0 Å². The van der Waals surface area contributed by atoms with Crippen LogP contribution in [0, 0.1) is 6.92 Å². The highest BCUT2D eigenvalue weighted by Gasteiger charge is 2.10. The molecule has 0 amide bonds. The van der Waals surface area contributed by atoms with E-state index in [9.17, 15) is 4.79 Å². The molecular weight excluding hydrogens is 234 g/mol. The predicted octanol–water partition coefficient (Wildman–Crippen LogP) is 0.885. The van der Waals surface area contributed by atoms with Crippen molar-refractivity contribution in [3.05, 3.63) is 41.6 Å².